The van der Waals surface area contributed by atoms with Gasteiger partial charge in [0.25, 0.3) is 0 Å². The Hall–Kier alpha value is -0.0800. The molecule has 0 aromatic heterocycles. The van der Waals surface area contributed by atoms with E-state index in [9.17, 15) is 0 Å². The molecular formula is C15H34N2. The Bertz CT molecular complexity index is 168. The molecule has 0 heterocycles. The Morgan fingerprint density at radius 1 is 0.882 bits per heavy atom. The van der Waals surface area contributed by atoms with Gasteiger partial charge in [-0.3, -0.25) is 0 Å². The highest BCUT2D eigenvalue weighted by Gasteiger charge is 2.20. The summed E-state index contributed by atoms with van der Waals surface area (Å²) in [6.07, 6.45) is 12.9. The monoisotopic (exact) mass is 242 g/mol. The number of hydrogen-bond acceptors (Lipinski definition) is 2. The van der Waals surface area contributed by atoms with Crippen LogP contribution in [-0.2, 0) is 0 Å². The summed E-state index contributed by atoms with van der Waals surface area (Å²) >= 11 is 0. The van der Waals surface area contributed by atoms with Crippen molar-refractivity contribution in [1.29, 1.82) is 0 Å². The van der Waals surface area contributed by atoms with Gasteiger partial charge >= 0.3 is 0 Å². The second-order valence-corrected chi connectivity index (χ2v) is 5.88. The Labute approximate surface area is 109 Å². The number of rotatable bonds is 11. The van der Waals surface area contributed by atoms with Crippen LogP contribution < -0.4 is 11.5 Å². The maximum Gasteiger partial charge on any atom is 0.0520 e. The topological polar surface area (TPSA) is 52.0 Å². The van der Waals surface area contributed by atoms with Crippen LogP contribution in [0, 0.1) is 5.41 Å². The average Bonchev–Trinajstić information content (AvgIpc) is 2.30. The minimum Gasteiger partial charge on any atom is -0.316 e. The van der Waals surface area contributed by atoms with E-state index < -0.39 is 0 Å². The van der Waals surface area contributed by atoms with Crippen molar-refractivity contribution in [2.24, 2.45) is 16.9 Å². The van der Waals surface area contributed by atoms with Gasteiger partial charge in [-0.1, -0.05) is 65.7 Å². The van der Waals surface area contributed by atoms with E-state index in [0.29, 0.717) is 5.41 Å². The van der Waals surface area contributed by atoms with Crippen LogP contribution in [0.25, 0.3) is 0 Å². The van der Waals surface area contributed by atoms with E-state index in [1.807, 2.05) is 0 Å². The molecule has 0 amide bonds. The third-order valence-corrected chi connectivity index (χ3v) is 4.06. The van der Waals surface area contributed by atoms with E-state index in [0.717, 1.165) is 6.42 Å². The molecule has 0 aliphatic rings. The van der Waals surface area contributed by atoms with Crippen LogP contribution in [-0.4, -0.2) is 6.17 Å². The zero-order valence-electron chi connectivity index (χ0n) is 12.3. The fraction of sp³-hybridized carbons (Fsp3) is 1.00. The Morgan fingerprint density at radius 3 is 2.00 bits per heavy atom. The van der Waals surface area contributed by atoms with Crippen molar-refractivity contribution in [2.75, 3.05) is 0 Å². The van der Waals surface area contributed by atoms with Gasteiger partial charge in [-0.05, 0) is 24.7 Å². The fourth-order valence-corrected chi connectivity index (χ4v) is 2.37. The summed E-state index contributed by atoms with van der Waals surface area (Å²) in [6.45, 7) is 7.08. The van der Waals surface area contributed by atoms with Crippen molar-refractivity contribution in [1.82, 2.24) is 0 Å². The summed E-state index contributed by atoms with van der Waals surface area (Å²) in [4.78, 5) is 0. The highest BCUT2D eigenvalue weighted by molar-refractivity contribution is 4.72. The molecule has 1 unspecified atom stereocenters. The first-order chi connectivity index (χ1) is 8.04. The summed E-state index contributed by atoms with van der Waals surface area (Å²) in [6, 6.07) is 0. The molecule has 0 aromatic carbocycles. The summed E-state index contributed by atoms with van der Waals surface area (Å²) in [7, 11) is 0. The first kappa shape index (κ1) is 16.9. The van der Waals surface area contributed by atoms with Crippen LogP contribution in [0.4, 0.5) is 0 Å². The minimum absolute atomic E-state index is 0.111. The van der Waals surface area contributed by atoms with Crippen molar-refractivity contribution < 1.29 is 0 Å². The molecule has 17 heavy (non-hydrogen) atoms. The highest BCUT2D eigenvalue weighted by Crippen LogP contribution is 2.34. The van der Waals surface area contributed by atoms with Crippen molar-refractivity contribution in [3.8, 4) is 0 Å². The minimum atomic E-state index is -0.111. The second-order valence-electron chi connectivity index (χ2n) is 5.88. The third-order valence-electron chi connectivity index (χ3n) is 4.06. The van der Waals surface area contributed by atoms with Gasteiger partial charge in [0, 0.05) is 0 Å². The molecule has 2 heteroatoms. The van der Waals surface area contributed by atoms with Crippen LogP contribution >= 0.6 is 0 Å². The molecule has 0 rings (SSSR count). The van der Waals surface area contributed by atoms with Gasteiger partial charge in [0.1, 0.15) is 0 Å². The van der Waals surface area contributed by atoms with E-state index in [-0.39, 0.29) is 6.17 Å². The standard InChI is InChI=1S/C15H34N2/c1-4-6-12-15(3,5-2)13-10-8-7-9-11-14(16)17/h14H,4-13,16-17H2,1-3H3. The molecule has 0 aromatic rings. The van der Waals surface area contributed by atoms with Gasteiger partial charge in [0.05, 0.1) is 6.17 Å². The lowest BCUT2D eigenvalue weighted by Gasteiger charge is -2.28. The van der Waals surface area contributed by atoms with Crippen molar-refractivity contribution in [2.45, 2.75) is 91.1 Å². The molecule has 0 saturated carbocycles. The van der Waals surface area contributed by atoms with Gasteiger partial charge in [0.2, 0.25) is 0 Å². The predicted octanol–water partition coefficient (Wildman–Crippen LogP) is 4.18. The second kappa shape index (κ2) is 9.90. The lowest BCUT2D eigenvalue weighted by molar-refractivity contribution is 0.243. The summed E-state index contributed by atoms with van der Waals surface area (Å²) in [5, 5.41) is 0. The largest absolute Gasteiger partial charge is 0.316 e. The number of unbranched alkanes of at least 4 members (excludes halogenated alkanes) is 4. The van der Waals surface area contributed by atoms with Crippen molar-refractivity contribution in [3.05, 3.63) is 0 Å². The highest BCUT2D eigenvalue weighted by atomic mass is 14.8. The summed E-state index contributed by atoms with van der Waals surface area (Å²) in [5.74, 6) is 0. The lowest BCUT2D eigenvalue weighted by Crippen LogP contribution is -2.29. The molecule has 0 spiro atoms. The van der Waals surface area contributed by atoms with E-state index >= 15 is 0 Å². The Kier molecular flexibility index (Phi) is 9.85. The number of hydrogen-bond donors (Lipinski definition) is 2. The van der Waals surface area contributed by atoms with Crippen LogP contribution in [0.2, 0.25) is 0 Å². The van der Waals surface area contributed by atoms with Crippen molar-refractivity contribution >= 4 is 0 Å². The molecule has 4 N–H and O–H groups in total. The SMILES string of the molecule is CCCCC(C)(CC)CCCCCCC(N)N. The van der Waals surface area contributed by atoms with Crippen LogP contribution in [0.3, 0.4) is 0 Å². The van der Waals surface area contributed by atoms with E-state index in [2.05, 4.69) is 20.8 Å². The molecule has 0 radical (unpaired) electrons. The van der Waals surface area contributed by atoms with Crippen LogP contribution in [0.15, 0.2) is 0 Å². The maximum absolute atomic E-state index is 5.53. The molecule has 1 atom stereocenters. The molecular weight excluding hydrogens is 208 g/mol. The molecule has 104 valence electrons. The zero-order valence-corrected chi connectivity index (χ0v) is 12.3. The Balaban J connectivity index is 3.55. The quantitative estimate of drug-likeness (QED) is 0.422. The molecule has 0 bridgehead atoms. The smallest absolute Gasteiger partial charge is 0.0520 e. The molecule has 0 fully saturated rings. The molecule has 2 nitrogen and oxygen atoms in total. The van der Waals surface area contributed by atoms with Gasteiger partial charge in [-0.15, -0.1) is 0 Å². The third kappa shape index (κ3) is 9.61. The van der Waals surface area contributed by atoms with Gasteiger partial charge in [-0.2, -0.15) is 0 Å². The van der Waals surface area contributed by atoms with Crippen LogP contribution in [0.5, 0.6) is 0 Å². The normalized spacial score (nSPS) is 15.2. The summed E-state index contributed by atoms with van der Waals surface area (Å²) in [5.41, 5.74) is 11.6. The summed E-state index contributed by atoms with van der Waals surface area (Å²) < 4.78 is 0. The zero-order chi connectivity index (χ0) is 13.1. The van der Waals surface area contributed by atoms with E-state index in [1.54, 1.807) is 0 Å². The maximum atomic E-state index is 5.53. The predicted molar refractivity (Wildman–Crippen MR) is 77.8 cm³/mol. The van der Waals surface area contributed by atoms with Gasteiger partial charge in [0.15, 0.2) is 0 Å². The lowest BCUT2D eigenvalue weighted by atomic mass is 9.78. The average molecular weight is 242 g/mol. The number of nitrogens with two attached hydrogens (primary N) is 2. The molecule has 0 saturated heterocycles. The van der Waals surface area contributed by atoms with Crippen LogP contribution in [0.1, 0.15) is 85.0 Å². The first-order valence-electron chi connectivity index (χ1n) is 7.55. The van der Waals surface area contributed by atoms with Gasteiger partial charge in [-0.25, -0.2) is 0 Å². The van der Waals surface area contributed by atoms with Gasteiger partial charge < -0.3 is 11.5 Å². The fourth-order valence-electron chi connectivity index (χ4n) is 2.37. The van der Waals surface area contributed by atoms with E-state index in [1.165, 1.54) is 57.8 Å². The molecule has 0 aliphatic heterocycles. The Morgan fingerprint density at radius 2 is 1.47 bits per heavy atom. The molecule has 0 aliphatic carbocycles. The first-order valence-corrected chi connectivity index (χ1v) is 7.55. The van der Waals surface area contributed by atoms with E-state index in [4.69, 9.17) is 11.5 Å². The van der Waals surface area contributed by atoms with Crippen molar-refractivity contribution in [3.63, 3.8) is 0 Å².